The molecular weight excluding hydrogens is 566 g/mol. The van der Waals surface area contributed by atoms with Gasteiger partial charge in [0, 0.05) is 37.7 Å². The number of anilines is 1. The van der Waals surface area contributed by atoms with E-state index >= 15 is 0 Å². The molecule has 0 radical (unpaired) electrons. The molecule has 0 aliphatic heterocycles. The van der Waals surface area contributed by atoms with E-state index in [9.17, 15) is 18.6 Å². The van der Waals surface area contributed by atoms with Gasteiger partial charge in [0.25, 0.3) is 0 Å². The van der Waals surface area contributed by atoms with Crippen molar-refractivity contribution >= 4 is 37.9 Å². The van der Waals surface area contributed by atoms with E-state index in [2.05, 4.69) is 53.2 Å². The second-order valence-electron chi connectivity index (χ2n) is 13.4. The van der Waals surface area contributed by atoms with E-state index in [-0.39, 0.29) is 12.0 Å². The van der Waals surface area contributed by atoms with Crippen molar-refractivity contribution < 1.29 is 18.6 Å². The first kappa shape index (κ1) is 30.0. The van der Waals surface area contributed by atoms with Crippen LogP contribution >= 0.6 is 0 Å². The smallest absolute Gasteiger partial charge is 0.211 e. The summed E-state index contributed by atoms with van der Waals surface area (Å²) in [6.45, 7) is 7.05. The Balaban J connectivity index is 1.09. The lowest BCUT2D eigenvalue weighted by molar-refractivity contribution is 0.00403. The summed E-state index contributed by atoms with van der Waals surface area (Å²) >= 11 is 0. The number of aryl methyl sites for hydroxylation is 1. The number of unbranched alkanes of at least 4 members (excludes halogenated alkanes) is 1. The predicted octanol–water partition coefficient (Wildman–Crippen LogP) is 3.75. The van der Waals surface area contributed by atoms with Crippen molar-refractivity contribution in [2.45, 2.75) is 89.0 Å². The van der Waals surface area contributed by atoms with Crippen molar-refractivity contribution in [3.63, 3.8) is 0 Å². The van der Waals surface area contributed by atoms with Crippen LogP contribution in [-0.2, 0) is 21.9 Å². The number of nitrogens with one attached hydrogen (secondary N) is 2. The van der Waals surface area contributed by atoms with Crippen molar-refractivity contribution in [1.29, 1.82) is 0 Å². The summed E-state index contributed by atoms with van der Waals surface area (Å²) in [4.78, 5) is 17.0. The van der Waals surface area contributed by atoms with Gasteiger partial charge in [-0.1, -0.05) is 26.8 Å². The summed E-state index contributed by atoms with van der Waals surface area (Å²) in [5.74, 6) is 1.25. The zero-order valence-electron chi connectivity index (χ0n) is 25.4. The Bertz CT molecular complexity index is 1710. The van der Waals surface area contributed by atoms with E-state index < -0.39 is 34.2 Å². The zero-order valence-corrected chi connectivity index (χ0v) is 26.2. The van der Waals surface area contributed by atoms with Gasteiger partial charge in [-0.3, -0.25) is 0 Å². The number of H-pyrrole nitrogens is 1. The lowest BCUT2D eigenvalue weighted by Crippen LogP contribution is -2.39. The highest BCUT2D eigenvalue weighted by Crippen LogP contribution is 2.39. The van der Waals surface area contributed by atoms with E-state index in [0.717, 1.165) is 47.3 Å². The average molecular weight is 610 g/mol. The van der Waals surface area contributed by atoms with Crippen molar-refractivity contribution in [2.75, 3.05) is 24.7 Å². The summed E-state index contributed by atoms with van der Waals surface area (Å²) in [7, 11) is -3.51. The van der Waals surface area contributed by atoms with Crippen LogP contribution in [-0.4, -0.2) is 85.0 Å². The van der Waals surface area contributed by atoms with Crippen LogP contribution in [0.25, 0.3) is 22.1 Å². The Morgan fingerprint density at radius 3 is 2.63 bits per heavy atom. The van der Waals surface area contributed by atoms with E-state index in [1.54, 1.807) is 0 Å². The number of hydrogen-bond acceptors (Lipinski definition) is 8. The third-order valence-electron chi connectivity index (χ3n) is 8.93. The van der Waals surface area contributed by atoms with Crippen LogP contribution in [0.3, 0.4) is 0 Å². The number of aliphatic hydroxyl groups excluding tert-OH is 2. The molecule has 3 aromatic heterocycles. The number of nitrogens with zero attached hydrogens (tertiary/aromatic N) is 5. The molecule has 4 atom stereocenters. The Labute approximate surface area is 252 Å². The molecule has 3 heterocycles. The van der Waals surface area contributed by atoms with Crippen molar-refractivity contribution in [3.8, 4) is 0 Å². The molecule has 2 fully saturated rings. The highest BCUT2D eigenvalue weighted by atomic mass is 32.2. The number of imidazole rings is 1. The molecular formula is C31H43N7O4S. The third-order valence-corrected chi connectivity index (χ3v) is 10.2. The SMILES string of the molecule is CC(C)(C)c1ccc2nc(CCCCN(C[C@H]3C[C@@H](n4ccc5c(NC6CC6)ncnc54)[C@@H](O)[C@H]3O)S(C)(=O)=O)[nH]c2c1. The number of benzene rings is 1. The quantitative estimate of drug-likeness (QED) is 0.188. The van der Waals surface area contributed by atoms with Crippen LogP contribution in [0.1, 0.15) is 70.3 Å². The monoisotopic (exact) mass is 609 g/mol. The van der Waals surface area contributed by atoms with Crippen LogP contribution in [0.5, 0.6) is 0 Å². The maximum Gasteiger partial charge on any atom is 0.211 e. The summed E-state index contributed by atoms with van der Waals surface area (Å²) in [5.41, 5.74) is 3.93. The number of aromatic amines is 1. The standard InChI is InChI=1S/C31H43N7O4S/c1-31(2,3)20-8-11-23-24(16-20)36-26(35-23)7-5-6-13-37(43(4,41)42)17-19-15-25(28(40)27(19)39)38-14-12-22-29(34-21-9-10-21)32-18-33-30(22)38/h8,11-12,14,16,18-19,21,25,27-28,39-40H,5-7,9-10,13,15,17H2,1-4H3,(H,35,36)(H,32,33,34)/t19-,25-,27+,28-/m1/s1. The number of aliphatic hydroxyl groups is 2. The van der Waals surface area contributed by atoms with Gasteiger partial charge in [-0.05, 0) is 61.3 Å². The number of hydrogen-bond donors (Lipinski definition) is 4. The lowest BCUT2D eigenvalue weighted by atomic mass is 9.87. The first-order chi connectivity index (χ1) is 20.4. The Kier molecular flexibility index (Phi) is 7.99. The van der Waals surface area contributed by atoms with Gasteiger partial charge in [0.15, 0.2) is 0 Å². The maximum atomic E-state index is 12.8. The van der Waals surface area contributed by atoms with Gasteiger partial charge in [0.05, 0.1) is 34.8 Å². The molecule has 232 valence electrons. The molecule has 0 bridgehead atoms. The number of rotatable bonds is 11. The van der Waals surface area contributed by atoms with Crippen LogP contribution < -0.4 is 5.32 Å². The fraction of sp³-hybridized carbons (Fsp3) is 0.581. The molecule has 2 saturated carbocycles. The molecule has 0 amide bonds. The molecule has 6 rings (SSSR count). The molecule has 4 N–H and O–H groups in total. The third kappa shape index (κ3) is 6.43. The van der Waals surface area contributed by atoms with E-state index in [4.69, 9.17) is 4.98 Å². The maximum absolute atomic E-state index is 12.8. The number of aromatic nitrogens is 5. The van der Waals surface area contributed by atoms with Crippen LogP contribution in [0.4, 0.5) is 5.82 Å². The molecule has 2 aliphatic carbocycles. The normalized spacial score (nSPS) is 23.1. The van der Waals surface area contributed by atoms with Gasteiger partial charge in [-0.25, -0.2) is 27.7 Å². The first-order valence-electron chi connectivity index (χ1n) is 15.3. The molecule has 0 saturated heterocycles. The molecule has 11 nitrogen and oxygen atoms in total. The minimum absolute atomic E-state index is 0.0537. The minimum atomic E-state index is -3.51. The molecule has 1 aromatic carbocycles. The molecule has 43 heavy (non-hydrogen) atoms. The van der Waals surface area contributed by atoms with E-state index in [0.29, 0.717) is 37.5 Å². The molecule has 2 aliphatic rings. The Hall–Kier alpha value is -3.06. The second-order valence-corrected chi connectivity index (χ2v) is 15.4. The van der Waals surface area contributed by atoms with Crippen molar-refractivity contribution in [1.82, 2.24) is 28.8 Å². The Morgan fingerprint density at radius 2 is 1.91 bits per heavy atom. The summed E-state index contributed by atoms with van der Waals surface area (Å²) in [6, 6.07) is 8.26. The highest BCUT2D eigenvalue weighted by molar-refractivity contribution is 7.88. The minimum Gasteiger partial charge on any atom is -0.390 e. The number of fused-ring (bicyclic) bond motifs is 2. The summed E-state index contributed by atoms with van der Waals surface area (Å²) in [5, 5.41) is 26.4. The largest absolute Gasteiger partial charge is 0.390 e. The van der Waals surface area contributed by atoms with Gasteiger partial charge in [0.2, 0.25) is 10.0 Å². The highest BCUT2D eigenvalue weighted by Gasteiger charge is 2.44. The Morgan fingerprint density at radius 1 is 1.12 bits per heavy atom. The fourth-order valence-corrected chi connectivity index (χ4v) is 7.14. The molecule has 12 heteroatoms. The van der Waals surface area contributed by atoms with Gasteiger partial charge in [-0.2, -0.15) is 0 Å². The average Bonchev–Trinajstić information content (AvgIpc) is 3.39. The first-order valence-corrected chi connectivity index (χ1v) is 17.1. The fourth-order valence-electron chi connectivity index (χ4n) is 6.21. The van der Waals surface area contributed by atoms with Gasteiger partial charge >= 0.3 is 0 Å². The van der Waals surface area contributed by atoms with E-state index in [1.165, 1.54) is 22.5 Å². The predicted molar refractivity (Wildman–Crippen MR) is 167 cm³/mol. The molecule has 0 spiro atoms. The van der Waals surface area contributed by atoms with Crippen LogP contribution in [0, 0.1) is 5.92 Å². The van der Waals surface area contributed by atoms with Crippen LogP contribution in [0.15, 0.2) is 36.8 Å². The van der Waals surface area contributed by atoms with E-state index in [1.807, 2.05) is 22.9 Å². The topological polar surface area (TPSA) is 149 Å². The van der Waals surface area contributed by atoms with Crippen molar-refractivity contribution in [3.05, 3.63) is 48.2 Å². The van der Waals surface area contributed by atoms with Gasteiger partial charge < -0.3 is 25.1 Å². The van der Waals surface area contributed by atoms with Gasteiger partial charge in [-0.15, -0.1) is 0 Å². The van der Waals surface area contributed by atoms with Crippen LogP contribution in [0.2, 0.25) is 0 Å². The summed E-state index contributed by atoms with van der Waals surface area (Å²) in [6.07, 6.45) is 7.31. The lowest BCUT2D eigenvalue weighted by Gasteiger charge is -2.25. The molecule has 4 aromatic rings. The zero-order chi connectivity index (χ0) is 30.5. The van der Waals surface area contributed by atoms with Crippen molar-refractivity contribution in [2.24, 2.45) is 5.92 Å². The number of sulfonamides is 1. The molecule has 0 unspecified atom stereocenters. The van der Waals surface area contributed by atoms with Gasteiger partial charge in [0.1, 0.15) is 29.7 Å². The second kappa shape index (κ2) is 11.5. The summed E-state index contributed by atoms with van der Waals surface area (Å²) < 4.78 is 28.8.